The summed E-state index contributed by atoms with van der Waals surface area (Å²) in [7, 11) is 1.41. The molecule has 1 heterocycles. The summed E-state index contributed by atoms with van der Waals surface area (Å²) in [6.07, 6.45) is 0. The molecule has 0 fully saturated rings. The van der Waals surface area contributed by atoms with E-state index in [9.17, 15) is 9.18 Å². The number of amides is 1. The topological polar surface area (TPSA) is 42.7 Å². The van der Waals surface area contributed by atoms with Crippen LogP contribution in [0.25, 0.3) is 0 Å². The number of carbonyl (C=O) groups is 1. The van der Waals surface area contributed by atoms with E-state index in [1.165, 1.54) is 13.2 Å². The molecule has 0 bridgehead atoms. The number of halogens is 2. The van der Waals surface area contributed by atoms with E-state index in [1.54, 1.807) is 29.2 Å². The average Bonchev–Trinajstić information content (AvgIpc) is 2.91. The Labute approximate surface area is 130 Å². The van der Waals surface area contributed by atoms with Crippen molar-refractivity contribution in [1.29, 1.82) is 0 Å². The van der Waals surface area contributed by atoms with Gasteiger partial charge < -0.3 is 14.1 Å². The number of hydrogen-bond donors (Lipinski definition) is 0. The molecule has 0 aliphatic heterocycles. The van der Waals surface area contributed by atoms with Crippen LogP contribution in [0, 0.1) is 5.82 Å². The van der Waals surface area contributed by atoms with Gasteiger partial charge in [-0.3, -0.25) is 4.79 Å². The highest BCUT2D eigenvalue weighted by atomic mass is 79.9. The van der Waals surface area contributed by atoms with Crippen molar-refractivity contribution < 1.29 is 18.3 Å². The highest BCUT2D eigenvalue weighted by Gasteiger charge is 2.18. The zero-order valence-electron chi connectivity index (χ0n) is 11.7. The lowest BCUT2D eigenvalue weighted by Gasteiger charge is -2.20. The third-order valence-electron chi connectivity index (χ3n) is 3.04. The van der Waals surface area contributed by atoms with Crippen LogP contribution >= 0.6 is 15.9 Å². The zero-order chi connectivity index (χ0) is 15.4. The Morgan fingerprint density at radius 2 is 2.14 bits per heavy atom. The summed E-state index contributed by atoms with van der Waals surface area (Å²) in [5, 5.41) is 0. The van der Waals surface area contributed by atoms with Gasteiger partial charge in [0.15, 0.2) is 22.0 Å². The molecule has 21 heavy (non-hydrogen) atoms. The van der Waals surface area contributed by atoms with Crippen molar-refractivity contribution in [3.8, 4) is 5.75 Å². The number of rotatable bonds is 5. The highest BCUT2D eigenvalue weighted by Crippen LogP contribution is 2.20. The second-order valence-corrected chi connectivity index (χ2v) is 5.17. The van der Waals surface area contributed by atoms with Gasteiger partial charge in [0.2, 0.25) is 0 Å². The van der Waals surface area contributed by atoms with Crippen molar-refractivity contribution in [2.24, 2.45) is 0 Å². The number of ether oxygens (including phenoxy) is 1. The summed E-state index contributed by atoms with van der Waals surface area (Å²) in [5.74, 6) is -0.250. The maximum absolute atomic E-state index is 13.7. The van der Waals surface area contributed by atoms with E-state index < -0.39 is 5.82 Å². The van der Waals surface area contributed by atoms with E-state index in [0.717, 1.165) is 0 Å². The van der Waals surface area contributed by atoms with Gasteiger partial charge in [-0.15, -0.1) is 0 Å². The maximum Gasteiger partial charge on any atom is 0.289 e. The quantitative estimate of drug-likeness (QED) is 0.817. The predicted molar refractivity (Wildman–Crippen MR) is 79.8 cm³/mol. The van der Waals surface area contributed by atoms with Crippen LogP contribution in [0.4, 0.5) is 4.39 Å². The summed E-state index contributed by atoms with van der Waals surface area (Å²) in [4.78, 5) is 13.9. The largest absolute Gasteiger partial charge is 0.494 e. The van der Waals surface area contributed by atoms with Gasteiger partial charge in [0.05, 0.1) is 7.11 Å². The van der Waals surface area contributed by atoms with Gasteiger partial charge in [0, 0.05) is 13.1 Å². The number of furan rings is 1. The fourth-order valence-corrected chi connectivity index (χ4v) is 2.25. The fourth-order valence-electron chi connectivity index (χ4n) is 1.94. The van der Waals surface area contributed by atoms with Crippen molar-refractivity contribution in [3.63, 3.8) is 0 Å². The van der Waals surface area contributed by atoms with Gasteiger partial charge in [0.1, 0.15) is 0 Å². The minimum absolute atomic E-state index is 0.183. The smallest absolute Gasteiger partial charge is 0.289 e. The fraction of sp³-hybridized carbons (Fsp3) is 0.267. The number of hydrogen-bond acceptors (Lipinski definition) is 3. The number of nitrogens with zero attached hydrogens (tertiary/aromatic N) is 1. The van der Waals surface area contributed by atoms with E-state index in [-0.39, 0.29) is 17.4 Å². The van der Waals surface area contributed by atoms with Crippen LogP contribution in [0.1, 0.15) is 23.0 Å². The molecule has 112 valence electrons. The molecule has 2 rings (SSSR count). The van der Waals surface area contributed by atoms with Crippen molar-refractivity contribution in [3.05, 3.63) is 52.1 Å². The standard InChI is InChI=1S/C15H15BrFNO3/c1-3-18(15(19)13-6-7-14(16)21-13)9-10-4-5-12(20-2)11(17)8-10/h4-8H,3,9H2,1-2H3. The van der Waals surface area contributed by atoms with E-state index in [1.807, 2.05) is 6.92 Å². The van der Waals surface area contributed by atoms with Crippen LogP contribution in [-0.4, -0.2) is 24.5 Å². The summed E-state index contributed by atoms with van der Waals surface area (Å²) >= 11 is 3.16. The molecule has 2 aromatic rings. The Morgan fingerprint density at radius 1 is 1.38 bits per heavy atom. The summed E-state index contributed by atoms with van der Waals surface area (Å²) < 4.78 is 24.3. The molecule has 0 radical (unpaired) electrons. The first-order valence-corrected chi connectivity index (χ1v) is 7.21. The van der Waals surface area contributed by atoms with Crippen molar-refractivity contribution in [1.82, 2.24) is 4.90 Å². The molecule has 1 aromatic carbocycles. The minimum atomic E-state index is -0.445. The lowest BCUT2D eigenvalue weighted by atomic mass is 10.2. The van der Waals surface area contributed by atoms with Crippen molar-refractivity contribution in [2.45, 2.75) is 13.5 Å². The van der Waals surface area contributed by atoms with Crippen LogP contribution in [0.15, 0.2) is 39.4 Å². The first-order valence-electron chi connectivity index (χ1n) is 6.42. The molecule has 0 aliphatic rings. The van der Waals surface area contributed by atoms with Gasteiger partial charge in [-0.05, 0) is 52.7 Å². The van der Waals surface area contributed by atoms with Crippen molar-refractivity contribution >= 4 is 21.8 Å². The molecule has 6 heteroatoms. The molecule has 0 spiro atoms. The predicted octanol–water partition coefficient (Wildman–Crippen LogP) is 3.85. The molecule has 1 amide bonds. The molecule has 0 atom stereocenters. The summed E-state index contributed by atoms with van der Waals surface area (Å²) in [5.41, 5.74) is 0.689. The lowest BCUT2D eigenvalue weighted by Crippen LogP contribution is -2.30. The number of benzene rings is 1. The van der Waals surface area contributed by atoms with Gasteiger partial charge >= 0.3 is 0 Å². The first kappa shape index (κ1) is 15.6. The highest BCUT2D eigenvalue weighted by molar-refractivity contribution is 9.10. The van der Waals surface area contributed by atoms with E-state index >= 15 is 0 Å². The molecule has 0 N–H and O–H groups in total. The summed E-state index contributed by atoms with van der Waals surface area (Å²) in [6, 6.07) is 7.91. The van der Waals surface area contributed by atoms with Crippen LogP contribution in [0.3, 0.4) is 0 Å². The Kier molecular flexibility index (Phi) is 5.01. The minimum Gasteiger partial charge on any atom is -0.494 e. The number of methoxy groups -OCH3 is 1. The third kappa shape index (κ3) is 3.64. The SMILES string of the molecule is CCN(Cc1ccc(OC)c(F)c1)C(=O)c1ccc(Br)o1. The lowest BCUT2D eigenvalue weighted by molar-refractivity contribution is 0.0719. The van der Waals surface area contributed by atoms with E-state index in [4.69, 9.17) is 9.15 Å². The van der Waals surface area contributed by atoms with Gasteiger partial charge in [0.25, 0.3) is 5.91 Å². The molecule has 0 unspecified atom stereocenters. The van der Waals surface area contributed by atoms with E-state index in [2.05, 4.69) is 15.9 Å². The Bertz CT molecular complexity index is 642. The third-order valence-corrected chi connectivity index (χ3v) is 3.47. The monoisotopic (exact) mass is 355 g/mol. The Hall–Kier alpha value is -1.82. The number of carbonyl (C=O) groups excluding carboxylic acids is 1. The van der Waals surface area contributed by atoms with Gasteiger partial charge in [-0.1, -0.05) is 6.07 Å². The summed E-state index contributed by atoms with van der Waals surface area (Å²) in [6.45, 7) is 2.65. The first-order chi connectivity index (χ1) is 10.0. The molecule has 0 saturated carbocycles. The van der Waals surface area contributed by atoms with Gasteiger partial charge in [-0.2, -0.15) is 0 Å². The second kappa shape index (κ2) is 6.76. The zero-order valence-corrected chi connectivity index (χ0v) is 13.3. The molecule has 0 aliphatic carbocycles. The molecule has 0 saturated heterocycles. The molecular weight excluding hydrogens is 341 g/mol. The van der Waals surface area contributed by atoms with Crippen LogP contribution in [-0.2, 0) is 6.54 Å². The molecule has 4 nitrogen and oxygen atoms in total. The molecule has 1 aromatic heterocycles. The van der Waals surface area contributed by atoms with Crippen LogP contribution in [0.2, 0.25) is 0 Å². The second-order valence-electron chi connectivity index (χ2n) is 4.39. The normalized spacial score (nSPS) is 10.5. The van der Waals surface area contributed by atoms with Crippen LogP contribution < -0.4 is 4.74 Å². The van der Waals surface area contributed by atoms with E-state index in [0.29, 0.717) is 23.3 Å². The van der Waals surface area contributed by atoms with Crippen LogP contribution in [0.5, 0.6) is 5.75 Å². The Balaban J connectivity index is 2.15. The average molecular weight is 356 g/mol. The molecular formula is C15H15BrFNO3. The Morgan fingerprint density at radius 3 is 2.67 bits per heavy atom. The van der Waals surface area contributed by atoms with Gasteiger partial charge in [-0.25, -0.2) is 4.39 Å². The van der Waals surface area contributed by atoms with Crippen molar-refractivity contribution in [2.75, 3.05) is 13.7 Å². The maximum atomic E-state index is 13.7.